The first-order valence-corrected chi connectivity index (χ1v) is 10.8. The minimum atomic E-state index is -4.33. The average molecular weight is 423 g/mol. The summed E-state index contributed by atoms with van der Waals surface area (Å²) < 4.78 is 41.0. The second-order valence-corrected chi connectivity index (χ2v) is 9.56. The van der Waals surface area contributed by atoms with E-state index in [1.54, 1.807) is 17.8 Å². The molecule has 0 aliphatic carbocycles. The van der Waals surface area contributed by atoms with Gasteiger partial charge in [-0.2, -0.15) is 13.2 Å². The van der Waals surface area contributed by atoms with Crippen molar-refractivity contribution in [2.75, 3.05) is 58.3 Å². The van der Waals surface area contributed by atoms with Crippen LogP contribution in [0.2, 0.25) is 0 Å². The Kier molecular flexibility index (Phi) is 5.57. The minimum Gasteiger partial charge on any atom is -0.340 e. The van der Waals surface area contributed by atoms with Gasteiger partial charge in [-0.25, -0.2) is 0 Å². The molecule has 2 aliphatic rings. The topological polar surface area (TPSA) is 6.48 Å². The van der Waals surface area contributed by atoms with Crippen LogP contribution in [0.5, 0.6) is 0 Å². The fourth-order valence-corrected chi connectivity index (χ4v) is 5.05. The molecule has 2 aromatic carbocycles. The van der Waals surface area contributed by atoms with Gasteiger partial charge >= 0.3 is 6.18 Å². The van der Waals surface area contributed by atoms with Gasteiger partial charge in [0.2, 0.25) is 0 Å². The molecule has 7 heteroatoms. The molecule has 0 saturated carbocycles. The Morgan fingerprint density at radius 2 is 1.62 bits per heavy atom. The maximum atomic E-state index is 13.3. The van der Waals surface area contributed by atoms with Crippen LogP contribution in [0, 0.1) is 0 Å². The van der Waals surface area contributed by atoms with Crippen LogP contribution in [-0.2, 0) is 6.18 Å². The molecule has 29 heavy (non-hydrogen) atoms. The predicted octanol–water partition coefficient (Wildman–Crippen LogP) is 5.09. The van der Waals surface area contributed by atoms with Crippen molar-refractivity contribution in [3.63, 3.8) is 0 Å². The quantitative estimate of drug-likeness (QED) is 0.634. The number of hydrogen-bond donors (Lipinski definition) is 0. The van der Waals surface area contributed by atoms with Crippen molar-refractivity contribution in [3.8, 4) is 0 Å². The zero-order valence-electron chi connectivity index (χ0n) is 16.9. The van der Waals surface area contributed by atoms with Crippen molar-refractivity contribution in [2.45, 2.75) is 22.4 Å². The number of piperazine rings is 1. The predicted molar refractivity (Wildman–Crippen MR) is 112 cm³/mol. The second-order valence-electron chi connectivity index (χ2n) is 8.48. The van der Waals surface area contributed by atoms with Crippen molar-refractivity contribution in [3.05, 3.63) is 48.0 Å². The van der Waals surface area contributed by atoms with Gasteiger partial charge in [0.25, 0.3) is 0 Å². The van der Waals surface area contributed by atoms with E-state index in [0.717, 1.165) is 59.1 Å². The fourth-order valence-electron chi connectivity index (χ4n) is 3.97. The highest BCUT2D eigenvalue weighted by molar-refractivity contribution is 7.99. The van der Waals surface area contributed by atoms with E-state index < -0.39 is 11.7 Å². The third kappa shape index (κ3) is 4.57. The van der Waals surface area contributed by atoms with E-state index >= 15 is 0 Å². The number of likely N-dealkylation sites (N-methyl/N-ethyl adjacent to an activating group) is 1. The Morgan fingerprint density at radius 1 is 0.931 bits per heavy atom. The molecule has 0 aromatic heterocycles. The Morgan fingerprint density at radius 3 is 2.34 bits per heavy atom. The summed E-state index contributed by atoms with van der Waals surface area (Å²) in [7, 11) is 4.52. The maximum Gasteiger partial charge on any atom is 0.416 e. The SMILES string of the molecule is C[N+]1(C)CCN(CCCN2c3ccccc3Sc3ccc(C(F)(F)F)cc32)CC1. The molecule has 2 heterocycles. The lowest BCUT2D eigenvalue weighted by molar-refractivity contribution is -0.894. The Bertz CT molecular complexity index is 872. The van der Waals surface area contributed by atoms with Gasteiger partial charge in [0.1, 0.15) is 0 Å². The zero-order valence-corrected chi connectivity index (χ0v) is 17.7. The lowest BCUT2D eigenvalue weighted by atomic mass is 10.1. The van der Waals surface area contributed by atoms with Crippen LogP contribution in [0.1, 0.15) is 12.0 Å². The van der Waals surface area contributed by atoms with Crippen LogP contribution in [0.3, 0.4) is 0 Å². The van der Waals surface area contributed by atoms with Gasteiger partial charge in [0.05, 0.1) is 44.1 Å². The highest BCUT2D eigenvalue weighted by Gasteiger charge is 2.33. The van der Waals surface area contributed by atoms with E-state index in [9.17, 15) is 13.2 Å². The number of hydrogen-bond acceptors (Lipinski definition) is 3. The molecule has 1 saturated heterocycles. The third-order valence-electron chi connectivity index (χ3n) is 5.85. The Hall–Kier alpha value is -1.70. The van der Waals surface area contributed by atoms with Gasteiger partial charge in [-0.1, -0.05) is 23.9 Å². The fraction of sp³-hybridized carbons (Fsp3) is 0.455. The number of fused-ring (bicyclic) bond motifs is 2. The Labute approximate surface area is 174 Å². The molecule has 0 radical (unpaired) electrons. The zero-order chi connectivity index (χ0) is 20.6. The van der Waals surface area contributed by atoms with Gasteiger partial charge in [-0.3, -0.25) is 4.90 Å². The Balaban J connectivity index is 1.53. The van der Waals surface area contributed by atoms with Gasteiger partial charge in [0.15, 0.2) is 0 Å². The van der Waals surface area contributed by atoms with Gasteiger partial charge in [-0.15, -0.1) is 0 Å². The number of anilines is 2. The minimum absolute atomic E-state index is 0.586. The molecule has 3 nitrogen and oxygen atoms in total. The van der Waals surface area contributed by atoms with Gasteiger partial charge in [0, 0.05) is 36.0 Å². The highest BCUT2D eigenvalue weighted by atomic mass is 32.2. The van der Waals surface area contributed by atoms with E-state index in [-0.39, 0.29) is 0 Å². The second kappa shape index (κ2) is 7.85. The number of alkyl halides is 3. The normalized spacial score (nSPS) is 19.0. The van der Waals surface area contributed by atoms with Crippen LogP contribution >= 0.6 is 11.8 Å². The van der Waals surface area contributed by atoms with Crippen LogP contribution in [0.15, 0.2) is 52.3 Å². The standard InChI is InChI=1S/C22H27F3N3S/c1-28(2)14-12-26(13-15-28)10-5-11-27-18-6-3-4-7-20(18)29-21-9-8-17(16-19(21)27)22(23,24)25/h3-4,6-9,16H,5,10-15H2,1-2H3/q+1. The van der Waals surface area contributed by atoms with E-state index in [1.165, 1.54) is 12.1 Å². The van der Waals surface area contributed by atoms with Crippen molar-refractivity contribution >= 4 is 23.1 Å². The molecule has 0 spiro atoms. The van der Waals surface area contributed by atoms with Crippen molar-refractivity contribution < 1.29 is 17.7 Å². The lowest BCUT2D eigenvalue weighted by Gasteiger charge is -2.39. The molecule has 0 N–H and O–H groups in total. The molecule has 4 rings (SSSR count). The summed E-state index contributed by atoms with van der Waals surface area (Å²) in [6.45, 7) is 6.12. The summed E-state index contributed by atoms with van der Waals surface area (Å²) in [5.74, 6) is 0. The largest absolute Gasteiger partial charge is 0.416 e. The van der Waals surface area contributed by atoms with Crippen LogP contribution in [0.25, 0.3) is 0 Å². The summed E-state index contributed by atoms with van der Waals surface area (Å²) in [4.78, 5) is 6.52. The molecule has 0 amide bonds. The number of quaternary nitrogens is 1. The van der Waals surface area contributed by atoms with Crippen LogP contribution in [-0.4, -0.2) is 62.7 Å². The summed E-state index contributed by atoms with van der Waals surface area (Å²) >= 11 is 1.55. The summed E-state index contributed by atoms with van der Waals surface area (Å²) in [6.07, 6.45) is -3.41. The van der Waals surface area contributed by atoms with Gasteiger partial charge in [-0.05, 0) is 36.8 Å². The molecule has 1 fully saturated rings. The molecule has 0 atom stereocenters. The van der Waals surface area contributed by atoms with E-state index in [4.69, 9.17) is 0 Å². The number of para-hydroxylation sites is 1. The maximum absolute atomic E-state index is 13.3. The third-order valence-corrected chi connectivity index (χ3v) is 6.98. The summed E-state index contributed by atoms with van der Waals surface area (Å²) in [5, 5.41) is 0. The van der Waals surface area contributed by atoms with Crippen molar-refractivity contribution in [1.82, 2.24) is 4.90 Å². The smallest absolute Gasteiger partial charge is 0.340 e. The first kappa shape index (κ1) is 20.6. The van der Waals surface area contributed by atoms with E-state index in [1.807, 2.05) is 24.3 Å². The molecule has 156 valence electrons. The summed E-state index contributed by atoms with van der Waals surface area (Å²) in [5.41, 5.74) is 1.08. The first-order valence-electron chi connectivity index (χ1n) is 10.0. The van der Waals surface area contributed by atoms with E-state index in [0.29, 0.717) is 12.2 Å². The molecule has 2 aromatic rings. The number of rotatable bonds is 4. The monoisotopic (exact) mass is 422 g/mol. The molecule has 0 bridgehead atoms. The molecular formula is C22H27F3N3S+. The lowest BCUT2D eigenvalue weighted by Crippen LogP contribution is -2.54. The van der Waals surface area contributed by atoms with Gasteiger partial charge < -0.3 is 9.38 Å². The van der Waals surface area contributed by atoms with Crippen LogP contribution < -0.4 is 4.90 Å². The average Bonchev–Trinajstić information content (AvgIpc) is 2.67. The number of benzene rings is 2. The highest BCUT2D eigenvalue weighted by Crippen LogP contribution is 2.49. The number of halogens is 3. The van der Waals surface area contributed by atoms with Crippen molar-refractivity contribution in [1.29, 1.82) is 0 Å². The number of nitrogens with zero attached hydrogens (tertiary/aromatic N) is 3. The van der Waals surface area contributed by atoms with Crippen LogP contribution in [0.4, 0.5) is 24.5 Å². The van der Waals surface area contributed by atoms with E-state index in [2.05, 4.69) is 23.9 Å². The molecule has 2 aliphatic heterocycles. The summed E-state index contributed by atoms with van der Waals surface area (Å²) in [6, 6.07) is 12.1. The first-order chi connectivity index (χ1) is 13.7. The molecular weight excluding hydrogens is 395 g/mol. The molecule has 0 unspecified atom stereocenters. The van der Waals surface area contributed by atoms with Crippen molar-refractivity contribution in [2.24, 2.45) is 0 Å².